The molecule has 2 atom stereocenters. The third kappa shape index (κ3) is 3.68. The van der Waals surface area contributed by atoms with Gasteiger partial charge in [-0.15, -0.1) is 0 Å². The van der Waals surface area contributed by atoms with Gasteiger partial charge in [-0.1, -0.05) is 18.2 Å². The molecule has 134 valence electrons. The number of urea groups is 1. The Labute approximate surface area is 142 Å². The van der Waals surface area contributed by atoms with E-state index in [4.69, 9.17) is 0 Å². The fraction of sp³-hybridized carbons (Fsp3) is 0.412. The molecule has 8 heteroatoms. The first-order valence-corrected chi connectivity index (χ1v) is 8.04. The Morgan fingerprint density at radius 2 is 2.04 bits per heavy atom. The molecule has 1 saturated heterocycles. The highest BCUT2D eigenvalue weighted by molar-refractivity contribution is 5.99. The van der Waals surface area contributed by atoms with Crippen molar-refractivity contribution in [2.75, 3.05) is 11.9 Å². The molecule has 2 N–H and O–H groups in total. The van der Waals surface area contributed by atoms with Gasteiger partial charge in [0.05, 0.1) is 17.2 Å². The minimum Gasteiger partial charge on any atom is -0.382 e. The normalized spacial score (nSPS) is 19.7. The lowest BCUT2D eigenvalue weighted by Crippen LogP contribution is -2.55. The van der Waals surface area contributed by atoms with E-state index >= 15 is 0 Å². The number of aliphatic hydroxyl groups excluding tert-OH is 1. The van der Waals surface area contributed by atoms with E-state index in [0.717, 1.165) is 10.3 Å². The summed E-state index contributed by atoms with van der Waals surface area (Å²) >= 11 is 0. The van der Waals surface area contributed by atoms with Crippen LogP contribution in [0.2, 0.25) is 0 Å². The molecule has 2 heterocycles. The number of fused-ring (bicyclic) bond motifs is 1. The second kappa shape index (κ2) is 6.87. The highest BCUT2D eigenvalue weighted by atomic mass is 19.4. The Morgan fingerprint density at radius 1 is 1.28 bits per heavy atom. The summed E-state index contributed by atoms with van der Waals surface area (Å²) in [6, 6.07) is 6.85. The molecule has 1 fully saturated rings. The number of para-hydroxylation sites is 1. The molecule has 2 aromatic rings. The summed E-state index contributed by atoms with van der Waals surface area (Å²) in [5, 5.41) is 13.1. The first-order chi connectivity index (χ1) is 11.9. The van der Waals surface area contributed by atoms with E-state index in [1.165, 1.54) is 0 Å². The van der Waals surface area contributed by atoms with Crippen LogP contribution in [0.1, 0.15) is 19.3 Å². The van der Waals surface area contributed by atoms with Crippen molar-refractivity contribution in [2.24, 2.45) is 0 Å². The first-order valence-electron chi connectivity index (χ1n) is 8.04. The van der Waals surface area contributed by atoms with Gasteiger partial charge < -0.3 is 15.3 Å². The molecule has 0 saturated carbocycles. The molecule has 1 aromatic carbocycles. The Morgan fingerprint density at radius 3 is 2.80 bits per heavy atom. The zero-order valence-corrected chi connectivity index (χ0v) is 13.3. The number of piperidine rings is 1. The maximum absolute atomic E-state index is 12.9. The smallest absolute Gasteiger partial charge is 0.382 e. The van der Waals surface area contributed by atoms with Crippen molar-refractivity contribution in [3.8, 4) is 0 Å². The largest absolute Gasteiger partial charge is 0.416 e. The molecule has 1 aliphatic rings. The Hall–Kier alpha value is -2.35. The number of amides is 2. The van der Waals surface area contributed by atoms with E-state index in [1.54, 1.807) is 24.4 Å². The second-order valence-electron chi connectivity index (χ2n) is 6.05. The van der Waals surface area contributed by atoms with Gasteiger partial charge in [-0.3, -0.25) is 4.98 Å². The molecule has 2 amide bonds. The lowest BCUT2D eigenvalue weighted by atomic mass is 9.97. The summed E-state index contributed by atoms with van der Waals surface area (Å²) in [5.41, 5.74) is 0.984. The van der Waals surface area contributed by atoms with Gasteiger partial charge in [-0.2, -0.15) is 13.2 Å². The minimum atomic E-state index is -4.76. The average Bonchev–Trinajstić information content (AvgIpc) is 2.60. The zero-order chi connectivity index (χ0) is 18.0. The molecule has 0 unspecified atom stereocenters. The summed E-state index contributed by atoms with van der Waals surface area (Å²) in [7, 11) is 0. The number of aliphatic hydroxyl groups is 1. The topological polar surface area (TPSA) is 65.5 Å². The van der Waals surface area contributed by atoms with Crippen LogP contribution in [0.25, 0.3) is 10.9 Å². The standard InChI is InChI=1S/C17H18F3N3O2/c18-17(19,20)15(24)13-8-1-2-10-23(13)16(25)22-12-7-3-5-11-6-4-9-21-14(11)12/h3-7,9,13,15,24H,1-2,8,10H2,(H,22,25)/t13-,15-/m0/s1. The maximum Gasteiger partial charge on any atom is 0.416 e. The first kappa shape index (κ1) is 17.5. The SMILES string of the molecule is O=C(Nc1cccc2cccnc12)N1CCCC[C@H]1[C@H](O)C(F)(F)F. The van der Waals surface area contributed by atoms with Gasteiger partial charge in [-0.05, 0) is 31.4 Å². The van der Waals surface area contributed by atoms with Crippen LogP contribution >= 0.6 is 0 Å². The highest BCUT2D eigenvalue weighted by Crippen LogP contribution is 2.31. The van der Waals surface area contributed by atoms with Crippen molar-refractivity contribution in [1.29, 1.82) is 0 Å². The van der Waals surface area contributed by atoms with Crippen molar-refractivity contribution in [1.82, 2.24) is 9.88 Å². The molecule has 0 spiro atoms. The fourth-order valence-corrected chi connectivity index (χ4v) is 3.15. The van der Waals surface area contributed by atoms with E-state index in [0.29, 0.717) is 24.0 Å². The number of nitrogens with zero attached hydrogens (tertiary/aromatic N) is 2. The number of nitrogens with one attached hydrogen (secondary N) is 1. The van der Waals surface area contributed by atoms with E-state index in [9.17, 15) is 23.1 Å². The van der Waals surface area contributed by atoms with Crippen LogP contribution < -0.4 is 5.32 Å². The van der Waals surface area contributed by atoms with Gasteiger partial charge in [0.15, 0.2) is 6.10 Å². The quantitative estimate of drug-likeness (QED) is 0.868. The van der Waals surface area contributed by atoms with Crippen molar-refractivity contribution in [2.45, 2.75) is 37.6 Å². The molecular formula is C17H18F3N3O2. The minimum absolute atomic E-state index is 0.113. The molecule has 0 aliphatic carbocycles. The lowest BCUT2D eigenvalue weighted by molar-refractivity contribution is -0.221. The zero-order valence-electron chi connectivity index (χ0n) is 13.3. The van der Waals surface area contributed by atoms with Gasteiger partial charge in [0.1, 0.15) is 0 Å². The Balaban J connectivity index is 1.83. The van der Waals surface area contributed by atoms with Gasteiger partial charge in [0.25, 0.3) is 0 Å². The predicted octanol–water partition coefficient (Wildman–Crippen LogP) is 3.54. The van der Waals surface area contributed by atoms with Crippen LogP contribution in [-0.2, 0) is 0 Å². The Kier molecular flexibility index (Phi) is 4.80. The second-order valence-corrected chi connectivity index (χ2v) is 6.05. The van der Waals surface area contributed by atoms with Crippen LogP contribution in [0.3, 0.4) is 0 Å². The number of carbonyl (C=O) groups excluding carboxylic acids is 1. The van der Waals surface area contributed by atoms with E-state index in [1.807, 2.05) is 12.1 Å². The van der Waals surface area contributed by atoms with Crippen LogP contribution in [0.5, 0.6) is 0 Å². The molecule has 1 aliphatic heterocycles. The van der Waals surface area contributed by atoms with Crippen LogP contribution in [0, 0.1) is 0 Å². The number of hydrogen-bond donors (Lipinski definition) is 2. The number of alkyl halides is 3. The number of pyridine rings is 1. The summed E-state index contributed by atoms with van der Waals surface area (Å²) in [4.78, 5) is 17.8. The van der Waals surface area contributed by atoms with Gasteiger partial charge >= 0.3 is 12.2 Å². The van der Waals surface area contributed by atoms with Gasteiger partial charge in [0, 0.05) is 18.1 Å². The third-order valence-electron chi connectivity index (χ3n) is 4.38. The summed E-state index contributed by atoms with van der Waals surface area (Å²) < 4.78 is 38.7. The van der Waals surface area contributed by atoms with Crippen LogP contribution in [0.4, 0.5) is 23.7 Å². The average molecular weight is 353 g/mol. The van der Waals surface area contributed by atoms with Gasteiger partial charge in [0.2, 0.25) is 0 Å². The molecule has 0 radical (unpaired) electrons. The number of likely N-dealkylation sites (tertiary alicyclic amines) is 1. The van der Waals surface area contributed by atoms with Crippen LogP contribution in [-0.4, -0.2) is 45.9 Å². The lowest BCUT2D eigenvalue weighted by Gasteiger charge is -2.38. The summed E-state index contributed by atoms with van der Waals surface area (Å²) in [6.45, 7) is 0.168. The number of carbonyl (C=O) groups is 1. The molecule has 1 aromatic heterocycles. The number of halogens is 3. The van der Waals surface area contributed by atoms with Gasteiger partial charge in [-0.25, -0.2) is 4.79 Å². The van der Waals surface area contributed by atoms with Crippen molar-refractivity contribution < 1.29 is 23.1 Å². The number of hydrogen-bond acceptors (Lipinski definition) is 3. The summed E-state index contributed by atoms with van der Waals surface area (Å²) in [6.07, 6.45) is -4.48. The number of aromatic nitrogens is 1. The van der Waals surface area contributed by atoms with E-state index in [2.05, 4.69) is 10.3 Å². The van der Waals surface area contributed by atoms with Crippen molar-refractivity contribution >= 4 is 22.6 Å². The monoisotopic (exact) mass is 353 g/mol. The maximum atomic E-state index is 12.9. The number of rotatable bonds is 2. The Bertz CT molecular complexity index is 761. The van der Waals surface area contributed by atoms with E-state index in [-0.39, 0.29) is 13.0 Å². The third-order valence-corrected chi connectivity index (χ3v) is 4.38. The molecule has 0 bridgehead atoms. The fourth-order valence-electron chi connectivity index (χ4n) is 3.15. The van der Waals surface area contributed by atoms with Crippen LogP contribution in [0.15, 0.2) is 36.5 Å². The van der Waals surface area contributed by atoms with Crippen molar-refractivity contribution in [3.05, 3.63) is 36.5 Å². The number of benzene rings is 1. The predicted molar refractivity (Wildman–Crippen MR) is 87.2 cm³/mol. The van der Waals surface area contributed by atoms with Crippen molar-refractivity contribution in [3.63, 3.8) is 0 Å². The summed E-state index contributed by atoms with van der Waals surface area (Å²) in [5.74, 6) is 0. The van der Waals surface area contributed by atoms with E-state index < -0.39 is 24.4 Å². The molecular weight excluding hydrogens is 335 g/mol. The molecule has 25 heavy (non-hydrogen) atoms. The molecule has 3 rings (SSSR count). The highest BCUT2D eigenvalue weighted by Gasteiger charge is 2.47. The molecule has 5 nitrogen and oxygen atoms in total. The number of anilines is 1.